The molecule has 3 aromatic rings. The lowest BCUT2D eigenvalue weighted by atomic mass is 10.1. The summed E-state index contributed by atoms with van der Waals surface area (Å²) >= 11 is 1.09. The van der Waals surface area contributed by atoms with Gasteiger partial charge >= 0.3 is 0 Å². The molecule has 1 aliphatic rings. The van der Waals surface area contributed by atoms with Crippen molar-refractivity contribution < 1.29 is 23.5 Å². The third-order valence-electron chi connectivity index (χ3n) is 4.78. The molecule has 34 heavy (non-hydrogen) atoms. The quantitative estimate of drug-likeness (QED) is 0.474. The van der Waals surface area contributed by atoms with Gasteiger partial charge in [-0.3, -0.25) is 9.59 Å². The first kappa shape index (κ1) is 23.3. The number of rotatable bonds is 7. The Morgan fingerprint density at radius 2 is 1.79 bits per heavy atom. The largest absolute Gasteiger partial charge is 0.490 e. The lowest BCUT2D eigenvalue weighted by Gasteiger charge is -2.13. The number of nitrogens with zero attached hydrogens (tertiary/aromatic N) is 1. The van der Waals surface area contributed by atoms with E-state index in [1.54, 1.807) is 66.7 Å². The van der Waals surface area contributed by atoms with E-state index in [9.17, 15) is 14.0 Å². The van der Waals surface area contributed by atoms with E-state index in [1.165, 1.54) is 6.07 Å². The zero-order valence-corrected chi connectivity index (χ0v) is 19.1. The minimum atomic E-state index is -0.431. The van der Waals surface area contributed by atoms with E-state index >= 15 is 0 Å². The summed E-state index contributed by atoms with van der Waals surface area (Å²) in [5.74, 6) is -0.174. The molecule has 1 saturated heterocycles. The van der Waals surface area contributed by atoms with Crippen molar-refractivity contribution in [1.29, 1.82) is 0 Å². The first-order chi connectivity index (χ1) is 16.5. The number of ether oxygens (including phenoxy) is 2. The number of halogens is 1. The summed E-state index contributed by atoms with van der Waals surface area (Å²) in [5.41, 5.74) is 1.58. The third-order valence-corrected chi connectivity index (χ3v) is 5.69. The van der Waals surface area contributed by atoms with Gasteiger partial charge in [0.25, 0.3) is 11.8 Å². The second-order valence-electron chi connectivity index (χ2n) is 7.17. The highest BCUT2D eigenvalue weighted by atomic mass is 32.2. The van der Waals surface area contributed by atoms with E-state index < -0.39 is 5.91 Å². The summed E-state index contributed by atoms with van der Waals surface area (Å²) in [6.45, 7) is 2.31. The van der Waals surface area contributed by atoms with Crippen molar-refractivity contribution >= 4 is 34.8 Å². The second kappa shape index (κ2) is 10.8. The van der Waals surface area contributed by atoms with Crippen molar-refractivity contribution in [2.75, 3.05) is 6.61 Å². The van der Waals surface area contributed by atoms with Gasteiger partial charge in [0.05, 0.1) is 11.5 Å². The molecule has 0 atom stereocenters. The Balaban J connectivity index is 1.50. The summed E-state index contributed by atoms with van der Waals surface area (Å²) in [4.78, 5) is 29.1. The van der Waals surface area contributed by atoms with Gasteiger partial charge in [0, 0.05) is 11.1 Å². The van der Waals surface area contributed by atoms with Crippen LogP contribution >= 0.6 is 11.8 Å². The van der Waals surface area contributed by atoms with Gasteiger partial charge in [0.1, 0.15) is 12.4 Å². The van der Waals surface area contributed by atoms with Gasteiger partial charge in [-0.1, -0.05) is 42.5 Å². The van der Waals surface area contributed by atoms with Crippen LogP contribution in [0.1, 0.15) is 28.4 Å². The van der Waals surface area contributed by atoms with E-state index in [0.717, 1.165) is 11.8 Å². The molecule has 1 heterocycles. The molecular weight excluding hydrogens is 455 g/mol. The zero-order chi connectivity index (χ0) is 23.9. The number of amides is 2. The van der Waals surface area contributed by atoms with Gasteiger partial charge in [-0.15, -0.1) is 0 Å². The van der Waals surface area contributed by atoms with Crippen LogP contribution in [-0.4, -0.2) is 23.6 Å². The van der Waals surface area contributed by atoms with Crippen molar-refractivity contribution in [3.63, 3.8) is 0 Å². The fourth-order valence-electron chi connectivity index (χ4n) is 3.14. The topological polar surface area (TPSA) is 77.0 Å². The number of carbonyl (C=O) groups is 2. The van der Waals surface area contributed by atoms with Crippen molar-refractivity contribution in [3.05, 3.63) is 100 Å². The Morgan fingerprint density at radius 3 is 2.56 bits per heavy atom. The number of carbonyl (C=O) groups excluding carboxylic acids is 2. The van der Waals surface area contributed by atoms with Crippen molar-refractivity contribution in [1.82, 2.24) is 5.32 Å². The predicted octanol–water partition coefficient (Wildman–Crippen LogP) is 5.20. The average molecular weight is 477 g/mol. The van der Waals surface area contributed by atoms with Gasteiger partial charge in [-0.05, 0) is 60.7 Å². The fourth-order valence-corrected chi connectivity index (χ4v) is 3.96. The standard InChI is InChI=1S/C26H21FN2O4S/c1-2-32-22-14-17(12-13-21(22)33-16-19-10-6-7-11-20(19)27)15-23-25(31)29-26(34-23)28-24(30)18-8-4-3-5-9-18/h3-15H,2,16H2,1H3,(H,28,29,30,31)/b23-15-. The number of benzene rings is 3. The van der Waals surface area contributed by atoms with Crippen molar-refractivity contribution in [3.8, 4) is 11.5 Å². The van der Waals surface area contributed by atoms with E-state index in [2.05, 4.69) is 10.3 Å². The van der Waals surface area contributed by atoms with Crippen LogP contribution in [0.25, 0.3) is 6.08 Å². The van der Waals surface area contributed by atoms with E-state index in [0.29, 0.717) is 39.7 Å². The van der Waals surface area contributed by atoms with Crippen LogP contribution in [0.4, 0.5) is 4.39 Å². The fraction of sp³-hybridized carbons (Fsp3) is 0.115. The Bertz CT molecular complexity index is 1270. The smallest absolute Gasteiger partial charge is 0.279 e. The lowest BCUT2D eigenvalue weighted by molar-refractivity contribution is -0.115. The molecule has 0 spiro atoms. The van der Waals surface area contributed by atoms with E-state index in [1.807, 2.05) is 13.0 Å². The maximum atomic E-state index is 13.9. The molecule has 1 N–H and O–H groups in total. The molecule has 0 aromatic heterocycles. The highest BCUT2D eigenvalue weighted by Crippen LogP contribution is 2.32. The van der Waals surface area contributed by atoms with Crippen LogP contribution in [0.5, 0.6) is 11.5 Å². The summed E-state index contributed by atoms with van der Waals surface area (Å²) < 4.78 is 25.4. The second-order valence-corrected chi connectivity index (χ2v) is 8.20. The Labute approximate surface area is 200 Å². The number of amidine groups is 1. The Kier molecular flexibility index (Phi) is 7.39. The molecule has 172 valence electrons. The van der Waals surface area contributed by atoms with Gasteiger partial charge in [-0.2, -0.15) is 4.99 Å². The first-order valence-electron chi connectivity index (χ1n) is 10.6. The zero-order valence-electron chi connectivity index (χ0n) is 18.3. The third kappa shape index (κ3) is 5.71. The first-order valence-corrected chi connectivity index (χ1v) is 11.4. The van der Waals surface area contributed by atoms with Crippen molar-refractivity contribution in [2.24, 2.45) is 4.99 Å². The molecule has 1 aliphatic heterocycles. The highest BCUT2D eigenvalue weighted by Gasteiger charge is 2.25. The number of hydrogen-bond donors (Lipinski definition) is 1. The van der Waals surface area contributed by atoms with Gasteiger partial charge in [0.2, 0.25) is 0 Å². The molecule has 0 aliphatic carbocycles. The van der Waals surface area contributed by atoms with Crippen LogP contribution in [0.15, 0.2) is 82.7 Å². The molecule has 3 aromatic carbocycles. The molecular formula is C26H21FN2O4S. The number of nitrogens with one attached hydrogen (secondary N) is 1. The number of hydrogen-bond acceptors (Lipinski definition) is 5. The van der Waals surface area contributed by atoms with Gasteiger partial charge in [-0.25, -0.2) is 4.39 Å². The van der Waals surface area contributed by atoms with Crippen LogP contribution in [-0.2, 0) is 11.4 Å². The average Bonchev–Trinajstić information content (AvgIpc) is 3.18. The summed E-state index contributed by atoms with van der Waals surface area (Å²) in [6.07, 6.45) is 1.68. The summed E-state index contributed by atoms with van der Waals surface area (Å²) in [6, 6.07) is 20.3. The highest BCUT2D eigenvalue weighted by molar-refractivity contribution is 8.18. The molecule has 8 heteroatoms. The monoisotopic (exact) mass is 476 g/mol. The van der Waals surface area contributed by atoms with Gasteiger partial charge in [0.15, 0.2) is 16.7 Å². The molecule has 0 radical (unpaired) electrons. The summed E-state index contributed by atoms with van der Waals surface area (Å²) in [7, 11) is 0. The molecule has 0 saturated carbocycles. The Hall–Kier alpha value is -3.91. The maximum absolute atomic E-state index is 13.9. The Morgan fingerprint density at radius 1 is 1.03 bits per heavy atom. The maximum Gasteiger partial charge on any atom is 0.279 e. The molecule has 0 bridgehead atoms. The molecule has 6 nitrogen and oxygen atoms in total. The van der Waals surface area contributed by atoms with Crippen LogP contribution < -0.4 is 14.8 Å². The van der Waals surface area contributed by atoms with Crippen LogP contribution in [0.2, 0.25) is 0 Å². The van der Waals surface area contributed by atoms with Crippen LogP contribution in [0, 0.1) is 5.82 Å². The van der Waals surface area contributed by atoms with E-state index in [4.69, 9.17) is 9.47 Å². The lowest BCUT2D eigenvalue weighted by Crippen LogP contribution is -2.20. The normalized spacial score (nSPS) is 15.4. The predicted molar refractivity (Wildman–Crippen MR) is 130 cm³/mol. The van der Waals surface area contributed by atoms with Crippen molar-refractivity contribution in [2.45, 2.75) is 13.5 Å². The molecule has 2 amide bonds. The SMILES string of the molecule is CCOc1cc(/C=C2\SC(=NC(=O)c3ccccc3)NC2=O)ccc1OCc1ccccc1F. The number of aliphatic imine (C=N–C) groups is 1. The van der Waals surface area contributed by atoms with Crippen LogP contribution in [0.3, 0.4) is 0 Å². The molecule has 4 rings (SSSR count). The molecule has 1 fully saturated rings. The number of thioether (sulfide) groups is 1. The minimum absolute atomic E-state index is 0.0563. The van der Waals surface area contributed by atoms with E-state index in [-0.39, 0.29) is 23.5 Å². The summed E-state index contributed by atoms with van der Waals surface area (Å²) in [5, 5.41) is 2.84. The van der Waals surface area contributed by atoms with Gasteiger partial charge < -0.3 is 14.8 Å². The molecule has 0 unspecified atom stereocenters. The minimum Gasteiger partial charge on any atom is -0.490 e.